The number of amides is 3. The van der Waals surface area contributed by atoms with E-state index in [0.717, 1.165) is 0 Å². The number of primary amides is 1. The number of nitrogens with two attached hydrogens (primary N) is 1. The van der Waals surface area contributed by atoms with Crippen LogP contribution in [-0.4, -0.2) is 35.9 Å². The largest absolute Gasteiger partial charge is 0.496 e. The molecule has 0 saturated heterocycles. The normalized spacial score (nSPS) is 10.3. The first-order chi connectivity index (χ1) is 14.4. The van der Waals surface area contributed by atoms with Crippen LogP contribution in [0.3, 0.4) is 0 Å². The minimum atomic E-state index is -0.636. The molecule has 0 aliphatic rings. The van der Waals surface area contributed by atoms with Gasteiger partial charge in [0.1, 0.15) is 5.75 Å². The maximum absolute atomic E-state index is 12.8. The quantitative estimate of drug-likeness (QED) is 0.538. The molecule has 3 amide bonds. The minimum absolute atomic E-state index is 0.253. The lowest BCUT2D eigenvalue weighted by molar-refractivity contribution is -0.117. The van der Waals surface area contributed by atoms with Gasteiger partial charge in [-0.25, -0.2) is 0 Å². The molecular formula is C21H19ClN4O4. The molecule has 0 fully saturated rings. The summed E-state index contributed by atoms with van der Waals surface area (Å²) in [7, 11) is 1.47. The summed E-state index contributed by atoms with van der Waals surface area (Å²) >= 11 is 6.37. The Kier molecular flexibility index (Phi) is 6.38. The fourth-order valence-electron chi connectivity index (χ4n) is 2.75. The first-order valence-electron chi connectivity index (χ1n) is 8.88. The number of hydrogen-bond donors (Lipinski definition) is 3. The van der Waals surface area contributed by atoms with Gasteiger partial charge in [0.25, 0.3) is 11.8 Å². The van der Waals surface area contributed by atoms with Crippen molar-refractivity contribution in [3.63, 3.8) is 0 Å². The monoisotopic (exact) mass is 426 g/mol. The molecule has 0 aliphatic carbocycles. The van der Waals surface area contributed by atoms with E-state index in [9.17, 15) is 14.4 Å². The predicted molar refractivity (Wildman–Crippen MR) is 113 cm³/mol. The summed E-state index contributed by atoms with van der Waals surface area (Å²) in [4.78, 5) is 35.4. The lowest BCUT2D eigenvalue weighted by Gasteiger charge is -2.14. The van der Waals surface area contributed by atoms with Crippen LogP contribution in [-0.2, 0) is 4.79 Å². The molecule has 3 rings (SSSR count). The molecule has 1 heterocycles. The molecule has 9 heteroatoms. The van der Waals surface area contributed by atoms with Crippen molar-refractivity contribution in [2.75, 3.05) is 19.0 Å². The van der Waals surface area contributed by atoms with Gasteiger partial charge in [-0.15, -0.1) is 0 Å². The lowest BCUT2D eigenvalue weighted by Crippen LogP contribution is -2.33. The molecule has 0 unspecified atom stereocenters. The van der Waals surface area contributed by atoms with Gasteiger partial charge in [0.15, 0.2) is 0 Å². The zero-order valence-electron chi connectivity index (χ0n) is 16.0. The Morgan fingerprint density at radius 3 is 2.33 bits per heavy atom. The molecule has 0 aliphatic heterocycles. The maximum Gasteiger partial charge on any atom is 0.259 e. The van der Waals surface area contributed by atoms with E-state index in [-0.39, 0.29) is 12.1 Å². The summed E-state index contributed by atoms with van der Waals surface area (Å²) in [5.41, 5.74) is 6.75. The summed E-state index contributed by atoms with van der Waals surface area (Å²) in [6.45, 7) is -0.253. The molecule has 2 aromatic carbocycles. The molecule has 0 saturated carbocycles. The highest BCUT2D eigenvalue weighted by atomic mass is 35.5. The number of anilines is 1. The molecule has 8 nitrogen and oxygen atoms in total. The third kappa shape index (κ3) is 4.79. The van der Waals surface area contributed by atoms with Gasteiger partial charge in [-0.3, -0.25) is 14.4 Å². The highest BCUT2D eigenvalue weighted by Crippen LogP contribution is 2.30. The minimum Gasteiger partial charge on any atom is -0.496 e. The van der Waals surface area contributed by atoms with Crippen LogP contribution < -0.4 is 21.1 Å². The van der Waals surface area contributed by atoms with E-state index in [1.165, 1.54) is 25.3 Å². The van der Waals surface area contributed by atoms with Gasteiger partial charge in [0, 0.05) is 29.7 Å². The summed E-state index contributed by atoms with van der Waals surface area (Å²) in [6.07, 6.45) is 3.67. The summed E-state index contributed by atoms with van der Waals surface area (Å²) < 4.78 is 7.19. The first kappa shape index (κ1) is 20.9. The predicted octanol–water partition coefficient (Wildman–Crippen LogP) is 2.61. The summed E-state index contributed by atoms with van der Waals surface area (Å²) in [6, 6.07) is 13.1. The number of halogens is 1. The molecule has 154 valence electrons. The van der Waals surface area contributed by atoms with Gasteiger partial charge < -0.3 is 25.7 Å². The number of nitrogens with zero attached hydrogens (tertiary/aromatic N) is 1. The van der Waals surface area contributed by atoms with E-state index in [4.69, 9.17) is 22.1 Å². The second kappa shape index (κ2) is 9.15. The van der Waals surface area contributed by atoms with Gasteiger partial charge in [0.2, 0.25) is 5.91 Å². The van der Waals surface area contributed by atoms with Gasteiger partial charge in [-0.05, 0) is 42.5 Å². The van der Waals surface area contributed by atoms with Crippen LogP contribution in [0.5, 0.6) is 5.75 Å². The molecule has 0 bridgehead atoms. The highest BCUT2D eigenvalue weighted by molar-refractivity contribution is 6.33. The van der Waals surface area contributed by atoms with E-state index in [1.807, 2.05) is 29.1 Å². The number of ether oxygens (including phenoxy) is 1. The summed E-state index contributed by atoms with van der Waals surface area (Å²) in [5.74, 6) is -1.13. The Labute approximate surface area is 177 Å². The molecule has 3 aromatic rings. The topological polar surface area (TPSA) is 115 Å². The number of nitrogens with one attached hydrogen (secondary N) is 2. The van der Waals surface area contributed by atoms with Crippen LogP contribution in [0.15, 0.2) is 60.9 Å². The Bertz CT molecular complexity index is 1080. The molecule has 1 aromatic heterocycles. The van der Waals surface area contributed by atoms with Gasteiger partial charge in [-0.1, -0.05) is 11.6 Å². The number of aromatic nitrogens is 1. The van der Waals surface area contributed by atoms with E-state index in [0.29, 0.717) is 27.7 Å². The number of methoxy groups -OCH3 is 1. The average molecular weight is 427 g/mol. The third-order valence-corrected chi connectivity index (χ3v) is 4.53. The van der Waals surface area contributed by atoms with Gasteiger partial charge in [0.05, 0.1) is 29.9 Å². The van der Waals surface area contributed by atoms with E-state index in [1.54, 1.807) is 18.2 Å². The zero-order chi connectivity index (χ0) is 21.7. The second-order valence-electron chi connectivity index (χ2n) is 6.27. The van der Waals surface area contributed by atoms with Crippen molar-refractivity contribution in [2.24, 2.45) is 5.73 Å². The van der Waals surface area contributed by atoms with E-state index in [2.05, 4.69) is 10.6 Å². The van der Waals surface area contributed by atoms with Crippen LogP contribution in [0.2, 0.25) is 5.02 Å². The van der Waals surface area contributed by atoms with Gasteiger partial charge in [-0.2, -0.15) is 0 Å². The number of rotatable bonds is 7. The SMILES string of the molecule is COc1cc(-n2cccc2)c(Cl)cc1C(=O)Nc1ccc(C(=O)NCC(N)=O)cc1. The Morgan fingerprint density at radius 2 is 1.73 bits per heavy atom. The Morgan fingerprint density at radius 1 is 1.07 bits per heavy atom. The van der Waals surface area contributed by atoms with Crippen LogP contribution in [0.1, 0.15) is 20.7 Å². The van der Waals surface area contributed by atoms with Crippen molar-refractivity contribution in [1.29, 1.82) is 0 Å². The Hall–Kier alpha value is -3.78. The molecule has 0 radical (unpaired) electrons. The summed E-state index contributed by atoms with van der Waals surface area (Å²) in [5, 5.41) is 5.52. The molecule has 0 spiro atoms. The van der Waals surface area contributed by atoms with E-state index >= 15 is 0 Å². The van der Waals surface area contributed by atoms with Crippen LogP contribution in [0, 0.1) is 0 Å². The first-order valence-corrected chi connectivity index (χ1v) is 9.25. The molecule has 30 heavy (non-hydrogen) atoms. The van der Waals surface area contributed by atoms with Crippen molar-refractivity contribution < 1.29 is 19.1 Å². The van der Waals surface area contributed by atoms with Crippen molar-refractivity contribution in [3.05, 3.63) is 77.1 Å². The van der Waals surface area contributed by atoms with E-state index < -0.39 is 17.7 Å². The number of benzene rings is 2. The zero-order valence-corrected chi connectivity index (χ0v) is 16.8. The van der Waals surface area contributed by atoms with Crippen molar-refractivity contribution in [3.8, 4) is 11.4 Å². The standard InChI is InChI=1S/C21H19ClN4O4/c1-30-18-11-17(26-8-2-3-9-26)16(22)10-15(18)21(29)25-14-6-4-13(5-7-14)20(28)24-12-19(23)27/h2-11H,12H2,1H3,(H2,23,27)(H,24,28)(H,25,29). The lowest BCUT2D eigenvalue weighted by atomic mass is 10.1. The second-order valence-corrected chi connectivity index (χ2v) is 6.68. The van der Waals surface area contributed by atoms with Crippen LogP contribution in [0.4, 0.5) is 5.69 Å². The van der Waals surface area contributed by atoms with Crippen LogP contribution in [0.25, 0.3) is 5.69 Å². The number of carbonyl (C=O) groups is 3. The van der Waals surface area contributed by atoms with Crippen molar-refractivity contribution in [1.82, 2.24) is 9.88 Å². The highest BCUT2D eigenvalue weighted by Gasteiger charge is 2.17. The average Bonchev–Trinajstić information content (AvgIpc) is 3.26. The van der Waals surface area contributed by atoms with Crippen molar-refractivity contribution in [2.45, 2.75) is 0 Å². The Balaban J connectivity index is 1.76. The maximum atomic E-state index is 12.8. The third-order valence-electron chi connectivity index (χ3n) is 4.22. The molecule has 4 N–H and O–H groups in total. The smallest absolute Gasteiger partial charge is 0.259 e. The van der Waals surface area contributed by atoms with Crippen LogP contribution >= 0.6 is 11.6 Å². The number of carbonyl (C=O) groups excluding carboxylic acids is 3. The fourth-order valence-corrected chi connectivity index (χ4v) is 3.02. The molecule has 0 atom stereocenters. The number of hydrogen-bond acceptors (Lipinski definition) is 4. The van der Waals surface area contributed by atoms with Gasteiger partial charge >= 0.3 is 0 Å². The van der Waals surface area contributed by atoms with Crippen molar-refractivity contribution >= 4 is 35.0 Å². The molecular weight excluding hydrogens is 408 g/mol. The fraction of sp³-hybridized carbons (Fsp3) is 0.0952.